The summed E-state index contributed by atoms with van der Waals surface area (Å²) in [5, 5.41) is 0. The monoisotopic (exact) mass is 397 g/mol. The molecule has 1 aromatic rings. The van der Waals surface area contributed by atoms with Crippen LogP contribution in [0.3, 0.4) is 0 Å². The quantitative estimate of drug-likeness (QED) is 0.402. The van der Waals surface area contributed by atoms with Gasteiger partial charge in [-0.2, -0.15) is 0 Å². The SMILES string of the molecule is CC(C)N(C(=O)CN1C(=O)C(=O)N(CCC2=CCCCC2)C1=O)c1ccccc1. The zero-order valence-corrected chi connectivity index (χ0v) is 17.0. The summed E-state index contributed by atoms with van der Waals surface area (Å²) in [6, 6.07) is 8.19. The molecule has 29 heavy (non-hydrogen) atoms. The molecule has 1 aliphatic carbocycles. The Morgan fingerprint density at radius 2 is 1.72 bits per heavy atom. The van der Waals surface area contributed by atoms with Gasteiger partial charge in [-0.1, -0.05) is 29.8 Å². The lowest BCUT2D eigenvalue weighted by Gasteiger charge is -2.28. The number of amides is 5. The van der Waals surface area contributed by atoms with E-state index in [9.17, 15) is 19.2 Å². The van der Waals surface area contributed by atoms with Crippen LogP contribution in [0.15, 0.2) is 42.0 Å². The van der Waals surface area contributed by atoms with Crippen molar-refractivity contribution in [3.8, 4) is 0 Å². The van der Waals surface area contributed by atoms with Crippen molar-refractivity contribution in [2.24, 2.45) is 0 Å². The van der Waals surface area contributed by atoms with Crippen LogP contribution in [-0.4, -0.2) is 52.7 Å². The number of hydrogen-bond donors (Lipinski definition) is 0. The van der Waals surface area contributed by atoms with Crippen molar-refractivity contribution in [3.63, 3.8) is 0 Å². The maximum absolute atomic E-state index is 12.9. The Kier molecular flexibility index (Phi) is 6.46. The number of para-hydroxylation sites is 1. The third-order valence-corrected chi connectivity index (χ3v) is 5.29. The Labute approximate surface area is 170 Å². The van der Waals surface area contributed by atoms with Gasteiger partial charge in [0.15, 0.2) is 0 Å². The van der Waals surface area contributed by atoms with Crippen LogP contribution in [0.4, 0.5) is 10.5 Å². The van der Waals surface area contributed by atoms with Gasteiger partial charge in [-0.05, 0) is 58.1 Å². The summed E-state index contributed by atoms with van der Waals surface area (Å²) >= 11 is 0. The highest BCUT2D eigenvalue weighted by Crippen LogP contribution is 2.23. The fourth-order valence-corrected chi connectivity index (χ4v) is 3.80. The second kappa shape index (κ2) is 9.03. The van der Waals surface area contributed by atoms with Gasteiger partial charge in [0.25, 0.3) is 0 Å². The number of benzene rings is 1. The summed E-state index contributed by atoms with van der Waals surface area (Å²) in [6.07, 6.45) is 6.98. The number of allylic oxidation sites excluding steroid dienone is 1. The molecular formula is C22H27N3O4. The van der Waals surface area contributed by atoms with Gasteiger partial charge in [-0.3, -0.25) is 19.3 Å². The molecule has 2 aliphatic rings. The largest absolute Gasteiger partial charge is 0.334 e. The molecule has 0 aromatic heterocycles. The Bertz CT molecular complexity index is 832. The van der Waals surface area contributed by atoms with Gasteiger partial charge < -0.3 is 4.90 Å². The Morgan fingerprint density at radius 1 is 1.03 bits per heavy atom. The van der Waals surface area contributed by atoms with E-state index >= 15 is 0 Å². The molecule has 0 N–H and O–H groups in total. The smallest absolute Gasteiger partial charge is 0.308 e. The van der Waals surface area contributed by atoms with Crippen LogP contribution in [0.1, 0.15) is 46.0 Å². The van der Waals surface area contributed by atoms with E-state index in [2.05, 4.69) is 6.08 Å². The molecule has 1 heterocycles. The second-order valence-electron chi connectivity index (χ2n) is 7.68. The van der Waals surface area contributed by atoms with E-state index in [0.29, 0.717) is 12.1 Å². The highest BCUT2D eigenvalue weighted by molar-refractivity contribution is 6.45. The maximum atomic E-state index is 12.9. The van der Waals surface area contributed by atoms with Gasteiger partial charge in [0.1, 0.15) is 6.54 Å². The van der Waals surface area contributed by atoms with Crippen LogP contribution in [0.2, 0.25) is 0 Å². The van der Waals surface area contributed by atoms with Crippen molar-refractivity contribution < 1.29 is 19.2 Å². The number of hydrogen-bond acceptors (Lipinski definition) is 4. The number of nitrogens with zero attached hydrogens (tertiary/aromatic N) is 3. The lowest BCUT2D eigenvalue weighted by atomic mass is 9.97. The topological polar surface area (TPSA) is 78.0 Å². The molecule has 1 saturated heterocycles. The molecule has 0 atom stereocenters. The molecule has 0 unspecified atom stereocenters. The molecule has 7 nitrogen and oxygen atoms in total. The zero-order valence-electron chi connectivity index (χ0n) is 17.0. The standard InChI is InChI=1S/C22H27N3O4/c1-16(2)25(18-11-7-4-8-12-18)19(26)15-24-21(28)20(27)23(22(24)29)14-13-17-9-5-3-6-10-17/h4,7-9,11-12,16H,3,5-6,10,13-15H2,1-2H3. The molecule has 3 rings (SSSR count). The van der Waals surface area contributed by atoms with Gasteiger partial charge in [-0.25, -0.2) is 9.69 Å². The van der Waals surface area contributed by atoms with Crippen LogP contribution in [-0.2, 0) is 14.4 Å². The van der Waals surface area contributed by atoms with Crippen molar-refractivity contribution in [2.45, 2.75) is 52.0 Å². The van der Waals surface area contributed by atoms with Crippen LogP contribution >= 0.6 is 0 Å². The molecule has 1 aliphatic heterocycles. The fraction of sp³-hybridized carbons (Fsp3) is 0.455. The van der Waals surface area contributed by atoms with E-state index in [1.54, 1.807) is 12.1 Å². The normalized spacial score (nSPS) is 17.2. The Hall–Kier alpha value is -2.96. The maximum Gasteiger partial charge on any atom is 0.334 e. The summed E-state index contributed by atoms with van der Waals surface area (Å²) in [6.45, 7) is 3.43. The highest BCUT2D eigenvalue weighted by Gasteiger charge is 2.45. The first-order valence-corrected chi connectivity index (χ1v) is 10.1. The number of carbonyl (C=O) groups excluding carboxylic acids is 4. The minimum absolute atomic E-state index is 0.164. The average Bonchev–Trinajstić information content (AvgIpc) is 2.91. The first-order chi connectivity index (χ1) is 13.9. The van der Waals surface area contributed by atoms with Crippen LogP contribution < -0.4 is 4.90 Å². The Balaban J connectivity index is 1.69. The van der Waals surface area contributed by atoms with E-state index in [4.69, 9.17) is 0 Å². The summed E-state index contributed by atoms with van der Waals surface area (Å²) in [4.78, 5) is 53.5. The zero-order chi connectivity index (χ0) is 21.0. The van der Waals surface area contributed by atoms with Gasteiger partial charge >= 0.3 is 17.8 Å². The van der Waals surface area contributed by atoms with Gasteiger partial charge in [0, 0.05) is 18.3 Å². The second-order valence-corrected chi connectivity index (χ2v) is 7.68. The number of rotatable bonds is 7. The van der Waals surface area contributed by atoms with Crippen LogP contribution in [0.25, 0.3) is 0 Å². The molecule has 0 saturated carbocycles. The summed E-state index contributed by atoms with van der Waals surface area (Å²) in [5.41, 5.74) is 1.90. The van der Waals surface area contributed by atoms with E-state index in [1.165, 1.54) is 10.5 Å². The lowest BCUT2D eigenvalue weighted by molar-refractivity contribution is -0.143. The minimum Gasteiger partial charge on any atom is -0.308 e. The van der Waals surface area contributed by atoms with Crippen LogP contribution in [0, 0.1) is 0 Å². The van der Waals surface area contributed by atoms with E-state index in [-0.39, 0.29) is 12.6 Å². The van der Waals surface area contributed by atoms with Crippen molar-refractivity contribution in [3.05, 3.63) is 42.0 Å². The first-order valence-electron chi connectivity index (χ1n) is 10.1. The predicted octanol–water partition coefficient (Wildman–Crippen LogP) is 3.11. The van der Waals surface area contributed by atoms with Crippen molar-refractivity contribution in [1.82, 2.24) is 9.80 Å². The van der Waals surface area contributed by atoms with E-state index < -0.39 is 30.3 Å². The predicted molar refractivity (Wildman–Crippen MR) is 109 cm³/mol. The highest BCUT2D eigenvalue weighted by atomic mass is 16.2. The molecule has 1 aromatic carbocycles. The number of urea groups is 1. The average molecular weight is 397 g/mol. The van der Waals surface area contributed by atoms with Crippen LogP contribution in [0.5, 0.6) is 0 Å². The van der Waals surface area contributed by atoms with Gasteiger partial charge in [-0.15, -0.1) is 0 Å². The summed E-state index contributed by atoms with van der Waals surface area (Å²) in [7, 11) is 0. The van der Waals surface area contributed by atoms with Crippen molar-refractivity contribution in [1.29, 1.82) is 0 Å². The third kappa shape index (κ3) is 4.55. The van der Waals surface area contributed by atoms with Crippen molar-refractivity contribution >= 4 is 29.4 Å². The lowest BCUT2D eigenvalue weighted by Crippen LogP contribution is -2.46. The molecule has 0 radical (unpaired) electrons. The summed E-state index contributed by atoms with van der Waals surface area (Å²) < 4.78 is 0. The number of carbonyl (C=O) groups is 4. The number of imide groups is 2. The minimum atomic E-state index is -0.933. The molecule has 1 fully saturated rings. The first kappa shape index (κ1) is 20.8. The molecule has 0 spiro atoms. The molecular weight excluding hydrogens is 370 g/mol. The van der Waals surface area contributed by atoms with Crippen molar-refractivity contribution in [2.75, 3.05) is 18.0 Å². The summed E-state index contributed by atoms with van der Waals surface area (Å²) in [5.74, 6) is -2.19. The Morgan fingerprint density at radius 3 is 2.34 bits per heavy atom. The molecule has 0 bridgehead atoms. The number of anilines is 1. The fourth-order valence-electron chi connectivity index (χ4n) is 3.80. The molecule has 7 heteroatoms. The van der Waals surface area contributed by atoms with E-state index in [1.807, 2.05) is 32.0 Å². The van der Waals surface area contributed by atoms with Gasteiger partial charge in [0.05, 0.1) is 0 Å². The third-order valence-electron chi connectivity index (χ3n) is 5.29. The van der Waals surface area contributed by atoms with E-state index in [0.717, 1.165) is 35.5 Å². The van der Waals surface area contributed by atoms with Gasteiger partial charge in [0.2, 0.25) is 5.91 Å². The molecule has 5 amide bonds. The molecule has 154 valence electrons.